The van der Waals surface area contributed by atoms with Crippen LogP contribution >= 0.6 is 0 Å². The van der Waals surface area contributed by atoms with Gasteiger partial charge in [0.25, 0.3) is 0 Å². The smallest absolute Gasteiger partial charge is 0.0110 e. The molecule has 1 N–H and O–H groups in total. The predicted molar refractivity (Wildman–Crippen MR) is 73.0 cm³/mol. The molecule has 0 saturated carbocycles. The van der Waals surface area contributed by atoms with Gasteiger partial charge in [-0.1, -0.05) is 13.8 Å². The van der Waals surface area contributed by atoms with Gasteiger partial charge in [-0.15, -0.1) is 0 Å². The Hall–Kier alpha value is -0.120. The minimum Gasteiger partial charge on any atom is -0.315 e. The molecule has 1 unspecified atom stereocenters. The Morgan fingerprint density at radius 2 is 1.75 bits per heavy atom. The maximum atomic E-state index is 3.52. The lowest BCUT2D eigenvalue weighted by Crippen LogP contribution is -2.38. The van der Waals surface area contributed by atoms with Crippen molar-refractivity contribution >= 4 is 0 Å². The van der Waals surface area contributed by atoms with E-state index in [1.54, 1.807) is 0 Å². The highest BCUT2D eigenvalue weighted by atomic mass is 15.2. The van der Waals surface area contributed by atoms with E-state index in [1.807, 2.05) is 0 Å². The summed E-state index contributed by atoms with van der Waals surface area (Å²) in [6, 6.07) is 0.716. The zero-order valence-corrected chi connectivity index (χ0v) is 11.9. The van der Waals surface area contributed by atoms with Crippen LogP contribution in [0.5, 0.6) is 0 Å². The van der Waals surface area contributed by atoms with E-state index in [1.165, 1.54) is 25.9 Å². The van der Waals surface area contributed by atoms with Gasteiger partial charge < -0.3 is 10.2 Å². The van der Waals surface area contributed by atoms with E-state index in [0.717, 1.165) is 19.6 Å². The fraction of sp³-hybridized carbons (Fsp3) is 1.00. The molecule has 1 atom stereocenters. The van der Waals surface area contributed by atoms with Crippen LogP contribution in [0.4, 0.5) is 0 Å². The number of rotatable bonds is 10. The van der Waals surface area contributed by atoms with Crippen molar-refractivity contribution in [3.8, 4) is 0 Å². The topological polar surface area (TPSA) is 18.5 Å². The molecule has 0 aromatic carbocycles. The van der Waals surface area contributed by atoms with Gasteiger partial charge in [0.05, 0.1) is 0 Å². The molecule has 0 aromatic heterocycles. The summed E-state index contributed by atoms with van der Waals surface area (Å²) in [6.07, 6.45) is 2.48. The second-order valence-electron chi connectivity index (χ2n) is 4.79. The molecule has 3 heteroatoms. The van der Waals surface area contributed by atoms with Gasteiger partial charge in [0.15, 0.2) is 0 Å². The van der Waals surface area contributed by atoms with Crippen LogP contribution in [-0.4, -0.2) is 62.7 Å². The minimum absolute atomic E-state index is 0.716. The Balaban J connectivity index is 3.41. The minimum atomic E-state index is 0.716. The number of nitrogens with one attached hydrogen (secondary N) is 1. The molecule has 0 aliphatic carbocycles. The van der Waals surface area contributed by atoms with Crippen molar-refractivity contribution in [1.29, 1.82) is 0 Å². The molecule has 98 valence electrons. The molecule has 0 radical (unpaired) electrons. The third kappa shape index (κ3) is 8.08. The normalized spacial score (nSPS) is 13.7. The average Bonchev–Trinajstić information content (AvgIpc) is 2.27. The fourth-order valence-corrected chi connectivity index (χ4v) is 1.82. The van der Waals surface area contributed by atoms with Gasteiger partial charge in [-0.05, 0) is 53.5 Å². The average molecular weight is 229 g/mol. The van der Waals surface area contributed by atoms with E-state index in [9.17, 15) is 0 Å². The van der Waals surface area contributed by atoms with Crippen molar-refractivity contribution < 1.29 is 0 Å². The molecule has 0 bridgehead atoms. The molecule has 0 fully saturated rings. The summed E-state index contributed by atoms with van der Waals surface area (Å²) >= 11 is 0. The Morgan fingerprint density at radius 1 is 1.06 bits per heavy atom. The molecule has 16 heavy (non-hydrogen) atoms. The number of nitrogens with zero attached hydrogens (tertiary/aromatic N) is 2. The first-order valence-corrected chi connectivity index (χ1v) is 6.71. The third-order valence-electron chi connectivity index (χ3n) is 3.16. The summed E-state index contributed by atoms with van der Waals surface area (Å²) in [6.45, 7) is 12.6. The molecule has 0 rings (SSSR count). The lowest BCUT2D eigenvalue weighted by molar-refractivity contribution is 0.215. The van der Waals surface area contributed by atoms with Gasteiger partial charge in [0.2, 0.25) is 0 Å². The maximum Gasteiger partial charge on any atom is 0.0110 e. The summed E-state index contributed by atoms with van der Waals surface area (Å²) in [7, 11) is 4.25. The molecule has 0 aliphatic heterocycles. The monoisotopic (exact) mass is 229 g/mol. The number of likely N-dealkylation sites (N-methyl/N-ethyl adjacent to an activating group) is 1. The van der Waals surface area contributed by atoms with E-state index in [2.05, 4.69) is 50.0 Å². The van der Waals surface area contributed by atoms with E-state index in [-0.39, 0.29) is 0 Å². The van der Waals surface area contributed by atoms with Gasteiger partial charge in [-0.25, -0.2) is 0 Å². The molecule has 0 amide bonds. The van der Waals surface area contributed by atoms with Crippen LogP contribution in [0.2, 0.25) is 0 Å². The highest BCUT2D eigenvalue weighted by molar-refractivity contribution is 4.65. The standard InChI is InChI=1S/C13H31N3/c1-6-13(3)16(7-2)12-10-14-9-8-11-15(4)5/h13-14H,6-12H2,1-5H3. The van der Waals surface area contributed by atoms with Gasteiger partial charge in [-0.2, -0.15) is 0 Å². The highest BCUT2D eigenvalue weighted by Gasteiger charge is 2.08. The molecular formula is C13H31N3. The van der Waals surface area contributed by atoms with Crippen molar-refractivity contribution in [2.75, 3.05) is 46.8 Å². The lowest BCUT2D eigenvalue weighted by atomic mass is 10.2. The molecule has 3 nitrogen and oxygen atoms in total. The van der Waals surface area contributed by atoms with Crippen LogP contribution in [0, 0.1) is 0 Å². The summed E-state index contributed by atoms with van der Waals surface area (Å²) < 4.78 is 0. The Bertz CT molecular complexity index is 148. The Kier molecular flexibility index (Phi) is 9.99. The van der Waals surface area contributed by atoms with Crippen molar-refractivity contribution in [3.63, 3.8) is 0 Å². The molecule has 0 saturated heterocycles. The Morgan fingerprint density at radius 3 is 2.25 bits per heavy atom. The van der Waals surface area contributed by atoms with E-state index in [4.69, 9.17) is 0 Å². The summed E-state index contributed by atoms with van der Waals surface area (Å²) in [5.41, 5.74) is 0. The van der Waals surface area contributed by atoms with Crippen molar-refractivity contribution in [2.24, 2.45) is 0 Å². The zero-order chi connectivity index (χ0) is 12.4. The first kappa shape index (κ1) is 15.9. The van der Waals surface area contributed by atoms with Crippen LogP contribution < -0.4 is 5.32 Å². The summed E-state index contributed by atoms with van der Waals surface area (Å²) in [5.74, 6) is 0. The molecule has 0 aliphatic rings. The Labute approximate surface area is 102 Å². The highest BCUT2D eigenvalue weighted by Crippen LogP contribution is 2.01. The van der Waals surface area contributed by atoms with Crippen LogP contribution in [0.1, 0.15) is 33.6 Å². The lowest BCUT2D eigenvalue weighted by Gasteiger charge is -2.26. The SMILES string of the molecule is CCC(C)N(CC)CCNCCCN(C)C. The quantitative estimate of drug-likeness (QED) is 0.575. The summed E-state index contributed by atoms with van der Waals surface area (Å²) in [4.78, 5) is 4.78. The van der Waals surface area contributed by atoms with Gasteiger partial charge in [0.1, 0.15) is 0 Å². The second-order valence-corrected chi connectivity index (χ2v) is 4.79. The molecule has 0 spiro atoms. The first-order valence-electron chi connectivity index (χ1n) is 6.71. The summed E-state index contributed by atoms with van der Waals surface area (Å²) in [5, 5.41) is 3.52. The van der Waals surface area contributed by atoms with E-state index < -0.39 is 0 Å². The van der Waals surface area contributed by atoms with Crippen molar-refractivity contribution in [2.45, 2.75) is 39.7 Å². The molecule has 0 heterocycles. The first-order chi connectivity index (χ1) is 7.61. The maximum absolute atomic E-state index is 3.52. The van der Waals surface area contributed by atoms with Gasteiger partial charge in [-0.3, -0.25) is 4.90 Å². The van der Waals surface area contributed by atoms with E-state index >= 15 is 0 Å². The second kappa shape index (κ2) is 10.1. The van der Waals surface area contributed by atoms with Crippen molar-refractivity contribution in [1.82, 2.24) is 15.1 Å². The largest absolute Gasteiger partial charge is 0.315 e. The fourth-order valence-electron chi connectivity index (χ4n) is 1.82. The van der Waals surface area contributed by atoms with Crippen LogP contribution in [-0.2, 0) is 0 Å². The third-order valence-corrected chi connectivity index (χ3v) is 3.16. The number of hydrogen-bond acceptors (Lipinski definition) is 3. The van der Waals surface area contributed by atoms with E-state index in [0.29, 0.717) is 6.04 Å². The van der Waals surface area contributed by atoms with Crippen molar-refractivity contribution in [3.05, 3.63) is 0 Å². The predicted octanol–water partition coefficient (Wildman–Crippen LogP) is 1.65. The van der Waals surface area contributed by atoms with Crippen LogP contribution in [0.15, 0.2) is 0 Å². The van der Waals surface area contributed by atoms with Crippen LogP contribution in [0.25, 0.3) is 0 Å². The van der Waals surface area contributed by atoms with Gasteiger partial charge in [0, 0.05) is 19.1 Å². The molecule has 0 aromatic rings. The molecular weight excluding hydrogens is 198 g/mol. The zero-order valence-electron chi connectivity index (χ0n) is 11.9. The number of hydrogen-bond donors (Lipinski definition) is 1. The van der Waals surface area contributed by atoms with Gasteiger partial charge >= 0.3 is 0 Å². The van der Waals surface area contributed by atoms with Crippen LogP contribution in [0.3, 0.4) is 0 Å².